The summed E-state index contributed by atoms with van der Waals surface area (Å²) in [6.45, 7) is 1.46. The molecule has 0 radical (unpaired) electrons. The van der Waals surface area contributed by atoms with Crippen LogP contribution in [0.3, 0.4) is 0 Å². The number of esters is 1. The SMILES string of the molecule is Cc1nc(-c2ccccc2)sc1C(=O)OCC(=O)c1ccc[nH]1. The van der Waals surface area contributed by atoms with Crippen LogP contribution in [0, 0.1) is 6.92 Å². The van der Waals surface area contributed by atoms with Gasteiger partial charge in [-0.1, -0.05) is 30.3 Å². The molecule has 0 saturated carbocycles. The van der Waals surface area contributed by atoms with Crippen molar-refractivity contribution in [2.24, 2.45) is 0 Å². The molecule has 2 heterocycles. The number of aryl methyl sites for hydroxylation is 1. The van der Waals surface area contributed by atoms with Crippen LogP contribution in [-0.2, 0) is 4.74 Å². The van der Waals surface area contributed by atoms with Crippen LogP contribution in [0.5, 0.6) is 0 Å². The zero-order valence-corrected chi connectivity index (χ0v) is 13.2. The van der Waals surface area contributed by atoms with E-state index in [9.17, 15) is 9.59 Å². The van der Waals surface area contributed by atoms with Gasteiger partial charge >= 0.3 is 5.97 Å². The fourth-order valence-corrected chi connectivity index (χ4v) is 3.03. The Morgan fingerprint density at radius 1 is 1.17 bits per heavy atom. The third-order valence-corrected chi connectivity index (χ3v) is 4.42. The lowest BCUT2D eigenvalue weighted by Gasteiger charge is -2.01. The number of ketones is 1. The van der Waals surface area contributed by atoms with E-state index >= 15 is 0 Å². The van der Waals surface area contributed by atoms with E-state index in [1.165, 1.54) is 11.3 Å². The highest BCUT2D eigenvalue weighted by atomic mass is 32.1. The Bertz CT molecular complexity index is 823. The quantitative estimate of drug-likeness (QED) is 0.575. The van der Waals surface area contributed by atoms with Crippen molar-refractivity contribution in [3.05, 3.63) is 64.9 Å². The molecule has 0 aliphatic heterocycles. The third-order valence-electron chi connectivity index (χ3n) is 3.24. The van der Waals surface area contributed by atoms with E-state index in [1.807, 2.05) is 30.3 Å². The van der Waals surface area contributed by atoms with Crippen molar-refractivity contribution in [1.82, 2.24) is 9.97 Å². The summed E-state index contributed by atoms with van der Waals surface area (Å²) >= 11 is 1.27. The minimum atomic E-state index is -0.526. The minimum Gasteiger partial charge on any atom is -0.453 e. The summed E-state index contributed by atoms with van der Waals surface area (Å²) in [5.74, 6) is -0.795. The zero-order valence-electron chi connectivity index (χ0n) is 12.4. The molecule has 0 amide bonds. The molecule has 0 unspecified atom stereocenters. The van der Waals surface area contributed by atoms with Crippen LogP contribution in [0.4, 0.5) is 0 Å². The van der Waals surface area contributed by atoms with Crippen molar-refractivity contribution < 1.29 is 14.3 Å². The van der Waals surface area contributed by atoms with Gasteiger partial charge in [0.1, 0.15) is 9.88 Å². The number of ether oxygens (including phenoxy) is 1. The Labute approximate surface area is 137 Å². The van der Waals surface area contributed by atoms with Gasteiger partial charge in [-0.2, -0.15) is 0 Å². The number of carbonyl (C=O) groups excluding carboxylic acids is 2. The standard InChI is InChI=1S/C17H14N2O3S/c1-11-15(23-16(19-11)12-6-3-2-4-7-12)17(21)22-10-14(20)13-8-5-9-18-13/h2-9,18H,10H2,1H3. The Morgan fingerprint density at radius 3 is 2.65 bits per heavy atom. The maximum absolute atomic E-state index is 12.2. The maximum Gasteiger partial charge on any atom is 0.350 e. The van der Waals surface area contributed by atoms with Crippen molar-refractivity contribution in [1.29, 1.82) is 0 Å². The highest BCUT2D eigenvalue weighted by molar-refractivity contribution is 7.17. The van der Waals surface area contributed by atoms with Crippen LogP contribution in [0.1, 0.15) is 25.9 Å². The first kappa shape index (κ1) is 15.2. The fraction of sp³-hybridized carbons (Fsp3) is 0.118. The Balaban J connectivity index is 1.70. The van der Waals surface area contributed by atoms with Crippen LogP contribution in [-0.4, -0.2) is 28.3 Å². The molecular weight excluding hydrogens is 312 g/mol. The molecule has 116 valence electrons. The first-order chi connectivity index (χ1) is 11.1. The molecule has 0 saturated heterocycles. The van der Waals surface area contributed by atoms with E-state index < -0.39 is 5.97 Å². The molecule has 0 fully saturated rings. The number of aromatic amines is 1. The molecule has 1 N–H and O–H groups in total. The van der Waals surface area contributed by atoms with Gasteiger partial charge in [0.2, 0.25) is 5.78 Å². The van der Waals surface area contributed by atoms with Crippen molar-refractivity contribution in [3.8, 4) is 10.6 Å². The molecule has 6 heteroatoms. The summed E-state index contributed by atoms with van der Waals surface area (Å²) < 4.78 is 5.11. The highest BCUT2D eigenvalue weighted by Gasteiger charge is 2.19. The number of thiazole rings is 1. The molecule has 3 aromatic rings. The topological polar surface area (TPSA) is 72.0 Å². The molecule has 3 rings (SSSR count). The second-order valence-corrected chi connectivity index (χ2v) is 5.88. The molecular formula is C17H14N2O3S. The second kappa shape index (κ2) is 6.58. The Morgan fingerprint density at radius 2 is 1.96 bits per heavy atom. The largest absolute Gasteiger partial charge is 0.453 e. The minimum absolute atomic E-state index is 0.270. The van der Waals surface area contributed by atoms with Crippen molar-refractivity contribution in [2.75, 3.05) is 6.61 Å². The summed E-state index contributed by atoms with van der Waals surface area (Å²) in [6, 6.07) is 13.0. The van der Waals surface area contributed by atoms with Crippen molar-refractivity contribution in [2.45, 2.75) is 6.92 Å². The van der Waals surface area contributed by atoms with E-state index in [0.29, 0.717) is 16.3 Å². The van der Waals surface area contributed by atoms with E-state index in [2.05, 4.69) is 9.97 Å². The first-order valence-electron chi connectivity index (χ1n) is 7.01. The molecule has 0 aliphatic rings. The first-order valence-corrected chi connectivity index (χ1v) is 7.83. The predicted molar refractivity (Wildman–Crippen MR) is 87.7 cm³/mol. The number of hydrogen-bond donors (Lipinski definition) is 1. The lowest BCUT2D eigenvalue weighted by atomic mass is 10.2. The zero-order chi connectivity index (χ0) is 16.2. The van der Waals surface area contributed by atoms with E-state index in [-0.39, 0.29) is 12.4 Å². The Kier molecular flexibility index (Phi) is 4.34. The van der Waals surface area contributed by atoms with Gasteiger partial charge in [0, 0.05) is 11.8 Å². The van der Waals surface area contributed by atoms with E-state index in [0.717, 1.165) is 10.6 Å². The number of benzene rings is 1. The summed E-state index contributed by atoms with van der Waals surface area (Å²) in [5, 5.41) is 0.755. The number of Topliss-reactive ketones (excluding diaryl/α,β-unsaturated/α-hetero) is 1. The lowest BCUT2D eigenvalue weighted by Crippen LogP contribution is -2.14. The van der Waals surface area contributed by atoms with Gasteiger partial charge < -0.3 is 9.72 Å². The van der Waals surface area contributed by atoms with Crippen LogP contribution in [0.2, 0.25) is 0 Å². The van der Waals surface area contributed by atoms with Crippen LogP contribution in [0.15, 0.2) is 48.7 Å². The van der Waals surface area contributed by atoms with Crippen LogP contribution < -0.4 is 0 Å². The average molecular weight is 326 g/mol. The predicted octanol–water partition coefficient (Wildman–Crippen LogP) is 3.49. The monoisotopic (exact) mass is 326 g/mol. The Hall–Kier alpha value is -2.73. The highest BCUT2D eigenvalue weighted by Crippen LogP contribution is 2.28. The number of nitrogens with zero attached hydrogens (tertiary/aromatic N) is 1. The van der Waals surface area contributed by atoms with Gasteiger partial charge in [-0.25, -0.2) is 9.78 Å². The van der Waals surface area contributed by atoms with Crippen molar-refractivity contribution in [3.63, 3.8) is 0 Å². The van der Waals surface area contributed by atoms with Gasteiger partial charge in [0.25, 0.3) is 0 Å². The number of H-pyrrole nitrogens is 1. The number of rotatable bonds is 5. The van der Waals surface area contributed by atoms with Gasteiger partial charge in [0.05, 0.1) is 11.4 Å². The maximum atomic E-state index is 12.2. The molecule has 0 spiro atoms. The summed E-state index contributed by atoms with van der Waals surface area (Å²) in [5.41, 5.74) is 1.97. The second-order valence-electron chi connectivity index (χ2n) is 4.88. The normalized spacial score (nSPS) is 10.5. The molecule has 0 atom stereocenters. The van der Waals surface area contributed by atoms with E-state index in [1.54, 1.807) is 25.3 Å². The van der Waals surface area contributed by atoms with E-state index in [4.69, 9.17) is 4.74 Å². The number of aromatic nitrogens is 2. The number of hydrogen-bond acceptors (Lipinski definition) is 5. The molecule has 5 nitrogen and oxygen atoms in total. The molecule has 23 heavy (non-hydrogen) atoms. The van der Waals surface area contributed by atoms with Gasteiger partial charge in [0.15, 0.2) is 6.61 Å². The summed E-state index contributed by atoms with van der Waals surface area (Å²) in [7, 11) is 0. The fourth-order valence-electron chi connectivity index (χ4n) is 2.07. The van der Waals surface area contributed by atoms with Gasteiger partial charge in [-0.15, -0.1) is 11.3 Å². The number of carbonyl (C=O) groups is 2. The molecule has 0 aliphatic carbocycles. The summed E-state index contributed by atoms with van der Waals surface area (Å²) in [4.78, 5) is 31.6. The van der Waals surface area contributed by atoms with Gasteiger partial charge in [-0.3, -0.25) is 4.79 Å². The van der Waals surface area contributed by atoms with Crippen LogP contribution >= 0.6 is 11.3 Å². The summed E-state index contributed by atoms with van der Waals surface area (Å²) in [6.07, 6.45) is 1.65. The molecule has 0 bridgehead atoms. The molecule has 2 aromatic heterocycles. The van der Waals surface area contributed by atoms with Crippen LogP contribution in [0.25, 0.3) is 10.6 Å². The van der Waals surface area contributed by atoms with Crippen molar-refractivity contribution >= 4 is 23.1 Å². The smallest absolute Gasteiger partial charge is 0.350 e. The molecule has 1 aromatic carbocycles. The lowest BCUT2D eigenvalue weighted by molar-refractivity contribution is 0.0477. The number of nitrogens with one attached hydrogen (secondary N) is 1. The third kappa shape index (κ3) is 3.37. The average Bonchev–Trinajstić information content (AvgIpc) is 3.23. The van der Waals surface area contributed by atoms with Gasteiger partial charge in [-0.05, 0) is 19.1 Å².